The lowest BCUT2D eigenvalue weighted by Gasteiger charge is -2.15. The smallest absolute Gasteiger partial charge is 0.326 e. The van der Waals surface area contributed by atoms with Crippen molar-refractivity contribution in [2.45, 2.75) is 36.5 Å². The predicted octanol–water partition coefficient (Wildman–Crippen LogP) is 3.61. The number of aliphatic carboxylic acids is 1. The summed E-state index contributed by atoms with van der Waals surface area (Å²) in [4.78, 5) is 24.8. The standard InChI is InChI=1S/C19H21NO3S/c1-13(2)24-16-10-8-15(9-11-16)18(21)20-17(19(22)23)12-14-6-4-3-5-7-14/h3-11,13,17H,12H2,1-2H3,(H,20,21)(H,22,23)/t17-/m1/s1. The molecule has 2 aromatic rings. The zero-order valence-corrected chi connectivity index (χ0v) is 14.5. The highest BCUT2D eigenvalue weighted by Gasteiger charge is 2.21. The highest BCUT2D eigenvalue weighted by molar-refractivity contribution is 7.99. The van der Waals surface area contributed by atoms with Crippen LogP contribution < -0.4 is 5.32 Å². The molecule has 126 valence electrons. The van der Waals surface area contributed by atoms with E-state index in [2.05, 4.69) is 19.2 Å². The Bertz CT molecular complexity index is 684. The first-order chi connectivity index (χ1) is 11.5. The first-order valence-corrected chi connectivity index (χ1v) is 8.68. The first-order valence-electron chi connectivity index (χ1n) is 7.80. The Morgan fingerprint density at radius 3 is 2.21 bits per heavy atom. The SMILES string of the molecule is CC(C)Sc1ccc(C(=O)N[C@H](Cc2ccccc2)C(=O)O)cc1. The monoisotopic (exact) mass is 343 g/mol. The summed E-state index contributed by atoms with van der Waals surface area (Å²) in [5.41, 5.74) is 1.33. The van der Waals surface area contributed by atoms with Crippen molar-refractivity contribution < 1.29 is 14.7 Å². The minimum atomic E-state index is -1.04. The zero-order chi connectivity index (χ0) is 17.5. The molecule has 0 aliphatic carbocycles. The molecular formula is C19H21NO3S. The quantitative estimate of drug-likeness (QED) is 0.754. The van der Waals surface area contributed by atoms with Gasteiger partial charge in [0.2, 0.25) is 0 Å². The van der Waals surface area contributed by atoms with E-state index in [9.17, 15) is 14.7 Å². The molecule has 2 N–H and O–H groups in total. The Morgan fingerprint density at radius 1 is 1.04 bits per heavy atom. The Labute approximate surface area is 146 Å². The van der Waals surface area contributed by atoms with Crippen LogP contribution in [0.4, 0.5) is 0 Å². The van der Waals surface area contributed by atoms with Gasteiger partial charge in [-0.15, -0.1) is 11.8 Å². The van der Waals surface area contributed by atoms with E-state index in [0.29, 0.717) is 10.8 Å². The van der Waals surface area contributed by atoms with Crippen molar-refractivity contribution in [1.82, 2.24) is 5.32 Å². The Morgan fingerprint density at radius 2 is 1.67 bits per heavy atom. The number of carbonyl (C=O) groups is 2. The van der Waals surface area contributed by atoms with Gasteiger partial charge in [0.1, 0.15) is 6.04 Å². The van der Waals surface area contributed by atoms with Gasteiger partial charge in [0, 0.05) is 22.1 Å². The van der Waals surface area contributed by atoms with Crippen molar-refractivity contribution in [1.29, 1.82) is 0 Å². The number of carboxylic acid groups (broad SMARTS) is 1. The van der Waals surface area contributed by atoms with E-state index < -0.39 is 12.0 Å². The molecule has 24 heavy (non-hydrogen) atoms. The van der Waals surface area contributed by atoms with Crippen LogP contribution >= 0.6 is 11.8 Å². The largest absolute Gasteiger partial charge is 0.480 e. The molecule has 0 spiro atoms. The number of thioether (sulfide) groups is 1. The van der Waals surface area contributed by atoms with Crippen LogP contribution in [0.2, 0.25) is 0 Å². The van der Waals surface area contributed by atoms with Gasteiger partial charge in [-0.05, 0) is 29.8 Å². The van der Waals surface area contributed by atoms with Crippen LogP contribution in [0.25, 0.3) is 0 Å². The lowest BCUT2D eigenvalue weighted by molar-refractivity contribution is -0.139. The van der Waals surface area contributed by atoms with Crippen LogP contribution in [-0.2, 0) is 11.2 Å². The van der Waals surface area contributed by atoms with E-state index in [1.807, 2.05) is 42.5 Å². The molecule has 0 aromatic heterocycles. The van der Waals surface area contributed by atoms with Crippen molar-refractivity contribution in [2.24, 2.45) is 0 Å². The second-order valence-corrected chi connectivity index (χ2v) is 7.39. The summed E-state index contributed by atoms with van der Waals surface area (Å²) in [5, 5.41) is 12.4. The molecule has 0 saturated heterocycles. The van der Waals surface area contributed by atoms with Gasteiger partial charge >= 0.3 is 5.97 Å². The third-order valence-corrected chi connectivity index (χ3v) is 4.39. The summed E-state index contributed by atoms with van der Waals surface area (Å²) < 4.78 is 0. The summed E-state index contributed by atoms with van der Waals surface area (Å²) >= 11 is 1.71. The number of nitrogens with one attached hydrogen (secondary N) is 1. The summed E-state index contributed by atoms with van der Waals surface area (Å²) in [6.07, 6.45) is 0.253. The maximum absolute atomic E-state index is 12.3. The Kier molecular flexibility index (Phi) is 6.44. The molecule has 5 heteroatoms. The predicted molar refractivity (Wildman–Crippen MR) is 96.5 cm³/mol. The molecule has 2 rings (SSSR count). The number of rotatable bonds is 7. The maximum Gasteiger partial charge on any atom is 0.326 e. The third kappa shape index (κ3) is 5.42. The van der Waals surface area contributed by atoms with Crippen LogP contribution in [0.1, 0.15) is 29.8 Å². The molecule has 0 radical (unpaired) electrons. The number of hydrogen-bond acceptors (Lipinski definition) is 3. The van der Waals surface area contributed by atoms with E-state index in [4.69, 9.17) is 0 Å². The molecule has 0 aliphatic heterocycles. The number of carboxylic acids is 1. The fraction of sp³-hybridized carbons (Fsp3) is 0.263. The van der Waals surface area contributed by atoms with Gasteiger partial charge in [0.15, 0.2) is 0 Å². The topological polar surface area (TPSA) is 66.4 Å². The van der Waals surface area contributed by atoms with Crippen LogP contribution in [-0.4, -0.2) is 28.3 Å². The highest BCUT2D eigenvalue weighted by Crippen LogP contribution is 2.22. The highest BCUT2D eigenvalue weighted by atomic mass is 32.2. The van der Waals surface area contributed by atoms with Crippen molar-refractivity contribution in [3.05, 3.63) is 65.7 Å². The zero-order valence-electron chi connectivity index (χ0n) is 13.7. The van der Waals surface area contributed by atoms with Gasteiger partial charge in [-0.2, -0.15) is 0 Å². The van der Waals surface area contributed by atoms with E-state index in [1.54, 1.807) is 23.9 Å². The molecular weight excluding hydrogens is 322 g/mol. The number of carbonyl (C=O) groups excluding carboxylic acids is 1. The minimum Gasteiger partial charge on any atom is -0.480 e. The Hall–Kier alpha value is -2.27. The Balaban J connectivity index is 2.03. The second kappa shape index (κ2) is 8.55. The van der Waals surface area contributed by atoms with Gasteiger partial charge in [-0.3, -0.25) is 4.79 Å². The van der Waals surface area contributed by atoms with Crippen LogP contribution in [0.5, 0.6) is 0 Å². The molecule has 0 unspecified atom stereocenters. The van der Waals surface area contributed by atoms with Crippen molar-refractivity contribution in [3.8, 4) is 0 Å². The summed E-state index contributed by atoms with van der Waals surface area (Å²) in [6, 6.07) is 15.5. The van der Waals surface area contributed by atoms with Gasteiger partial charge in [-0.25, -0.2) is 4.79 Å². The maximum atomic E-state index is 12.3. The molecule has 0 saturated carbocycles. The minimum absolute atomic E-state index is 0.253. The average Bonchev–Trinajstić information content (AvgIpc) is 2.55. The van der Waals surface area contributed by atoms with E-state index in [-0.39, 0.29) is 12.3 Å². The second-order valence-electron chi connectivity index (χ2n) is 5.74. The molecule has 1 atom stereocenters. The average molecular weight is 343 g/mol. The van der Waals surface area contributed by atoms with E-state index >= 15 is 0 Å². The first kappa shape index (κ1) is 18.1. The number of benzene rings is 2. The molecule has 0 aliphatic rings. The number of amides is 1. The normalized spacial score (nSPS) is 12.0. The van der Waals surface area contributed by atoms with Gasteiger partial charge < -0.3 is 10.4 Å². The molecule has 1 amide bonds. The molecule has 4 nitrogen and oxygen atoms in total. The van der Waals surface area contributed by atoms with Crippen LogP contribution in [0.3, 0.4) is 0 Å². The molecule has 0 fully saturated rings. The summed E-state index contributed by atoms with van der Waals surface area (Å²) in [5.74, 6) is -1.42. The van der Waals surface area contributed by atoms with E-state index in [1.165, 1.54) is 0 Å². The number of hydrogen-bond donors (Lipinski definition) is 2. The van der Waals surface area contributed by atoms with Crippen molar-refractivity contribution in [3.63, 3.8) is 0 Å². The molecule has 0 heterocycles. The lowest BCUT2D eigenvalue weighted by Crippen LogP contribution is -2.42. The van der Waals surface area contributed by atoms with Gasteiger partial charge in [-0.1, -0.05) is 44.2 Å². The molecule has 2 aromatic carbocycles. The fourth-order valence-electron chi connectivity index (χ4n) is 2.25. The summed E-state index contributed by atoms with van der Waals surface area (Å²) in [6.45, 7) is 4.21. The van der Waals surface area contributed by atoms with E-state index in [0.717, 1.165) is 10.5 Å². The van der Waals surface area contributed by atoms with Gasteiger partial charge in [0.05, 0.1) is 0 Å². The molecule has 0 bridgehead atoms. The third-order valence-electron chi connectivity index (χ3n) is 3.37. The lowest BCUT2D eigenvalue weighted by atomic mass is 10.1. The summed E-state index contributed by atoms with van der Waals surface area (Å²) in [7, 11) is 0. The van der Waals surface area contributed by atoms with Gasteiger partial charge in [0.25, 0.3) is 5.91 Å². The van der Waals surface area contributed by atoms with Crippen LogP contribution in [0, 0.1) is 0 Å². The fourth-order valence-corrected chi connectivity index (χ4v) is 3.09. The van der Waals surface area contributed by atoms with Crippen molar-refractivity contribution >= 4 is 23.6 Å². The van der Waals surface area contributed by atoms with Crippen molar-refractivity contribution in [2.75, 3.05) is 0 Å². The van der Waals surface area contributed by atoms with Crippen LogP contribution in [0.15, 0.2) is 59.5 Å².